The second-order valence-corrected chi connectivity index (χ2v) is 3.65. The number of benzene rings is 1. The number of hydrogen-bond acceptors (Lipinski definition) is 2. The third-order valence-corrected chi connectivity index (χ3v) is 2.29. The molecule has 1 heterocycles. The first-order chi connectivity index (χ1) is 7.16. The molecule has 15 heavy (non-hydrogen) atoms. The van der Waals surface area contributed by atoms with Gasteiger partial charge in [0, 0.05) is 5.56 Å². The van der Waals surface area contributed by atoms with Gasteiger partial charge in [0.15, 0.2) is 5.76 Å². The highest BCUT2D eigenvalue weighted by atomic mass is 35.5. The van der Waals surface area contributed by atoms with Crippen molar-refractivity contribution in [1.82, 2.24) is 0 Å². The predicted molar refractivity (Wildman–Crippen MR) is 59.1 cm³/mol. The molecule has 0 fully saturated rings. The lowest BCUT2D eigenvalue weighted by Gasteiger charge is -1.97. The summed E-state index contributed by atoms with van der Waals surface area (Å²) in [7, 11) is 0. The van der Waals surface area contributed by atoms with E-state index < -0.39 is 5.24 Å². The summed E-state index contributed by atoms with van der Waals surface area (Å²) < 4.78 is 5.30. The van der Waals surface area contributed by atoms with Crippen molar-refractivity contribution in [3.63, 3.8) is 0 Å². The second kappa shape index (κ2) is 3.91. The summed E-state index contributed by atoms with van der Waals surface area (Å²) in [6.07, 6.45) is 0. The van der Waals surface area contributed by atoms with E-state index in [2.05, 4.69) is 0 Å². The van der Waals surface area contributed by atoms with Gasteiger partial charge in [0.05, 0.1) is 0 Å². The summed E-state index contributed by atoms with van der Waals surface area (Å²) in [4.78, 5) is 10.8. The molecular weight excluding hydrogens is 212 g/mol. The average molecular weight is 221 g/mol. The van der Waals surface area contributed by atoms with Crippen LogP contribution in [0.25, 0.3) is 11.3 Å². The molecule has 0 saturated carbocycles. The Balaban J connectivity index is 2.41. The highest BCUT2D eigenvalue weighted by molar-refractivity contribution is 6.67. The average Bonchev–Trinajstić information content (AvgIpc) is 2.66. The summed E-state index contributed by atoms with van der Waals surface area (Å²) in [6.45, 7) is 2.00. The van der Waals surface area contributed by atoms with Crippen LogP contribution < -0.4 is 0 Å². The van der Waals surface area contributed by atoms with Crippen LogP contribution in [-0.2, 0) is 0 Å². The largest absolute Gasteiger partial charge is 0.452 e. The quantitative estimate of drug-likeness (QED) is 0.724. The van der Waals surface area contributed by atoms with E-state index in [0.717, 1.165) is 11.1 Å². The minimum Gasteiger partial charge on any atom is -0.452 e. The molecule has 2 aromatic rings. The first-order valence-corrected chi connectivity index (χ1v) is 4.91. The third-order valence-electron chi connectivity index (χ3n) is 2.10. The number of carbonyl (C=O) groups is 1. The molecule has 0 aliphatic heterocycles. The number of aryl methyl sites for hydroxylation is 1. The van der Waals surface area contributed by atoms with Crippen LogP contribution in [-0.4, -0.2) is 5.24 Å². The van der Waals surface area contributed by atoms with Crippen molar-refractivity contribution in [2.75, 3.05) is 0 Å². The van der Waals surface area contributed by atoms with Gasteiger partial charge in [0.1, 0.15) is 5.76 Å². The Morgan fingerprint density at radius 1 is 1.27 bits per heavy atom. The minimum atomic E-state index is -0.575. The van der Waals surface area contributed by atoms with Crippen molar-refractivity contribution in [3.05, 3.63) is 47.7 Å². The highest BCUT2D eigenvalue weighted by Gasteiger charge is 2.09. The van der Waals surface area contributed by atoms with E-state index in [9.17, 15) is 4.79 Å². The Bertz CT molecular complexity index is 500. The van der Waals surface area contributed by atoms with Crippen LogP contribution in [0, 0.1) is 6.92 Å². The summed E-state index contributed by atoms with van der Waals surface area (Å²) in [5.41, 5.74) is 2.09. The molecule has 0 saturated heterocycles. The molecule has 0 bridgehead atoms. The van der Waals surface area contributed by atoms with Crippen LogP contribution in [0.3, 0.4) is 0 Å². The molecule has 76 valence electrons. The molecular formula is C12H9ClO2. The number of hydrogen-bond donors (Lipinski definition) is 0. The van der Waals surface area contributed by atoms with Crippen LogP contribution in [0.4, 0.5) is 0 Å². The summed E-state index contributed by atoms with van der Waals surface area (Å²) in [5.74, 6) is 0.830. The Labute approximate surface area is 92.5 Å². The van der Waals surface area contributed by atoms with Crippen LogP contribution in [0.1, 0.15) is 16.1 Å². The Morgan fingerprint density at radius 3 is 2.67 bits per heavy atom. The van der Waals surface area contributed by atoms with E-state index in [1.807, 2.05) is 31.2 Å². The smallest absolute Gasteiger partial charge is 0.287 e. The Morgan fingerprint density at radius 2 is 2.07 bits per heavy atom. The number of rotatable bonds is 2. The SMILES string of the molecule is Cc1cccc(-c2ccc(C(=O)Cl)o2)c1. The lowest BCUT2D eigenvalue weighted by atomic mass is 10.1. The highest BCUT2D eigenvalue weighted by Crippen LogP contribution is 2.23. The number of carbonyl (C=O) groups excluding carboxylic acids is 1. The van der Waals surface area contributed by atoms with Gasteiger partial charge in [-0.3, -0.25) is 4.79 Å². The summed E-state index contributed by atoms with van der Waals surface area (Å²) >= 11 is 5.30. The van der Waals surface area contributed by atoms with Gasteiger partial charge in [-0.2, -0.15) is 0 Å². The zero-order chi connectivity index (χ0) is 10.8. The summed E-state index contributed by atoms with van der Waals surface area (Å²) in [6, 6.07) is 11.2. The fraction of sp³-hybridized carbons (Fsp3) is 0.0833. The molecule has 0 radical (unpaired) electrons. The first kappa shape index (κ1) is 9.99. The topological polar surface area (TPSA) is 30.2 Å². The monoisotopic (exact) mass is 220 g/mol. The lowest BCUT2D eigenvalue weighted by Crippen LogP contribution is -1.82. The molecule has 2 nitrogen and oxygen atoms in total. The molecule has 0 N–H and O–H groups in total. The molecule has 0 aliphatic carbocycles. The van der Waals surface area contributed by atoms with Crippen molar-refractivity contribution < 1.29 is 9.21 Å². The van der Waals surface area contributed by atoms with Crippen molar-refractivity contribution in [2.45, 2.75) is 6.92 Å². The fourth-order valence-corrected chi connectivity index (χ4v) is 1.50. The van der Waals surface area contributed by atoms with Crippen LogP contribution in [0.5, 0.6) is 0 Å². The molecule has 0 aliphatic rings. The molecule has 1 aromatic carbocycles. The van der Waals surface area contributed by atoms with E-state index in [0.29, 0.717) is 5.76 Å². The van der Waals surface area contributed by atoms with E-state index in [-0.39, 0.29) is 5.76 Å². The van der Waals surface area contributed by atoms with E-state index in [1.54, 1.807) is 12.1 Å². The van der Waals surface area contributed by atoms with Crippen LogP contribution in [0.15, 0.2) is 40.8 Å². The van der Waals surface area contributed by atoms with Crippen molar-refractivity contribution in [1.29, 1.82) is 0 Å². The zero-order valence-corrected chi connectivity index (χ0v) is 8.91. The van der Waals surface area contributed by atoms with E-state index in [1.165, 1.54) is 0 Å². The Kier molecular flexibility index (Phi) is 2.60. The Hall–Kier alpha value is -1.54. The molecule has 3 heteroatoms. The van der Waals surface area contributed by atoms with E-state index >= 15 is 0 Å². The first-order valence-electron chi connectivity index (χ1n) is 4.53. The molecule has 0 amide bonds. The van der Waals surface area contributed by atoms with Gasteiger partial charge in [0.25, 0.3) is 5.24 Å². The van der Waals surface area contributed by atoms with Gasteiger partial charge in [0.2, 0.25) is 0 Å². The standard InChI is InChI=1S/C12H9ClO2/c1-8-3-2-4-9(7-8)10-5-6-11(15-10)12(13)14/h2-7H,1H3. The molecule has 0 atom stereocenters. The normalized spacial score (nSPS) is 10.3. The maximum Gasteiger partial charge on any atom is 0.287 e. The maximum absolute atomic E-state index is 10.8. The lowest BCUT2D eigenvalue weighted by molar-refractivity contribution is 0.105. The van der Waals surface area contributed by atoms with Gasteiger partial charge < -0.3 is 4.42 Å². The molecule has 1 aromatic heterocycles. The molecule has 0 spiro atoms. The fourth-order valence-electron chi connectivity index (χ4n) is 1.40. The molecule has 0 unspecified atom stereocenters. The number of furan rings is 1. The van der Waals surface area contributed by atoms with Gasteiger partial charge in [-0.15, -0.1) is 0 Å². The second-order valence-electron chi connectivity index (χ2n) is 3.31. The predicted octanol–water partition coefficient (Wildman–Crippen LogP) is 3.63. The van der Waals surface area contributed by atoms with Crippen molar-refractivity contribution >= 4 is 16.8 Å². The zero-order valence-electron chi connectivity index (χ0n) is 8.16. The maximum atomic E-state index is 10.8. The van der Waals surface area contributed by atoms with Crippen LogP contribution in [0.2, 0.25) is 0 Å². The number of halogens is 1. The van der Waals surface area contributed by atoms with E-state index in [4.69, 9.17) is 16.0 Å². The summed E-state index contributed by atoms with van der Waals surface area (Å²) in [5, 5.41) is -0.575. The van der Waals surface area contributed by atoms with Gasteiger partial charge in [-0.05, 0) is 36.7 Å². The van der Waals surface area contributed by atoms with Crippen molar-refractivity contribution in [3.8, 4) is 11.3 Å². The van der Waals surface area contributed by atoms with Crippen LogP contribution >= 0.6 is 11.6 Å². The van der Waals surface area contributed by atoms with Gasteiger partial charge >= 0.3 is 0 Å². The minimum absolute atomic E-state index is 0.174. The third kappa shape index (κ3) is 2.10. The van der Waals surface area contributed by atoms with Gasteiger partial charge in [-0.25, -0.2) is 0 Å². The molecule has 2 rings (SSSR count). The van der Waals surface area contributed by atoms with Gasteiger partial charge in [-0.1, -0.05) is 23.8 Å². The van der Waals surface area contributed by atoms with Crippen molar-refractivity contribution in [2.24, 2.45) is 0 Å².